The number of halogens is 3. The van der Waals surface area contributed by atoms with E-state index in [4.69, 9.17) is 11.6 Å². The maximum Gasteiger partial charge on any atom is 0.224 e. The first-order valence-electron chi connectivity index (χ1n) is 5.23. The van der Waals surface area contributed by atoms with Gasteiger partial charge in [0.05, 0.1) is 0 Å². The average molecular weight is 270 g/mol. The van der Waals surface area contributed by atoms with E-state index in [2.05, 4.69) is 15.3 Å². The minimum atomic E-state index is -0.600. The minimum Gasteiger partial charge on any atom is -0.366 e. The molecule has 0 fully saturated rings. The van der Waals surface area contributed by atoms with Crippen LogP contribution in [0.25, 0.3) is 0 Å². The number of benzene rings is 1. The van der Waals surface area contributed by atoms with E-state index in [0.29, 0.717) is 11.4 Å². The highest BCUT2D eigenvalue weighted by molar-refractivity contribution is 6.28. The number of nitrogens with one attached hydrogen (secondary N) is 1. The maximum atomic E-state index is 13.4. The quantitative estimate of drug-likeness (QED) is 0.869. The van der Waals surface area contributed by atoms with Crippen molar-refractivity contribution in [3.05, 3.63) is 52.4 Å². The van der Waals surface area contributed by atoms with Gasteiger partial charge in [0.2, 0.25) is 5.28 Å². The molecule has 0 amide bonds. The van der Waals surface area contributed by atoms with Gasteiger partial charge in [-0.15, -0.1) is 0 Å². The summed E-state index contributed by atoms with van der Waals surface area (Å²) in [4.78, 5) is 7.80. The van der Waals surface area contributed by atoms with Crippen LogP contribution in [0.2, 0.25) is 5.28 Å². The van der Waals surface area contributed by atoms with Crippen molar-refractivity contribution >= 4 is 17.4 Å². The van der Waals surface area contributed by atoms with Crippen LogP contribution in [0.4, 0.5) is 14.6 Å². The average Bonchev–Trinajstić information content (AvgIpc) is 2.32. The Morgan fingerprint density at radius 1 is 1.33 bits per heavy atom. The molecule has 94 valence electrons. The largest absolute Gasteiger partial charge is 0.366 e. The summed E-state index contributed by atoms with van der Waals surface area (Å²) >= 11 is 5.66. The number of nitrogens with zero attached hydrogens (tertiary/aromatic N) is 2. The molecule has 0 saturated carbocycles. The summed E-state index contributed by atoms with van der Waals surface area (Å²) in [6.07, 6.45) is 1.57. The van der Waals surface area contributed by atoms with Crippen LogP contribution in [0.3, 0.4) is 0 Å². The van der Waals surface area contributed by atoms with Crippen LogP contribution in [0, 0.1) is 18.6 Å². The van der Waals surface area contributed by atoms with Gasteiger partial charge in [0, 0.05) is 29.9 Å². The molecule has 3 nitrogen and oxygen atoms in total. The van der Waals surface area contributed by atoms with Crippen molar-refractivity contribution in [2.45, 2.75) is 13.5 Å². The number of hydrogen-bond donors (Lipinski definition) is 1. The second-order valence-electron chi connectivity index (χ2n) is 3.76. The Labute approximate surface area is 108 Å². The van der Waals surface area contributed by atoms with Gasteiger partial charge in [-0.1, -0.05) is 6.07 Å². The van der Waals surface area contributed by atoms with Gasteiger partial charge < -0.3 is 5.32 Å². The van der Waals surface area contributed by atoms with Crippen LogP contribution < -0.4 is 5.32 Å². The molecule has 0 aliphatic rings. The first-order valence-corrected chi connectivity index (χ1v) is 5.61. The number of aryl methyl sites for hydroxylation is 1. The standard InChI is InChI=1S/C12H10ClF2N3/c1-7-5-17-12(13)18-11(7)16-6-8-2-3-9(14)4-10(8)15/h2-5H,6H2,1H3,(H,16,17,18). The van der Waals surface area contributed by atoms with Gasteiger partial charge in [-0.3, -0.25) is 0 Å². The fraction of sp³-hybridized carbons (Fsp3) is 0.167. The number of rotatable bonds is 3. The zero-order valence-corrected chi connectivity index (χ0v) is 10.3. The summed E-state index contributed by atoms with van der Waals surface area (Å²) < 4.78 is 26.1. The van der Waals surface area contributed by atoms with Gasteiger partial charge in [0.15, 0.2) is 0 Å². The van der Waals surface area contributed by atoms with Gasteiger partial charge in [0.25, 0.3) is 0 Å². The Balaban J connectivity index is 2.13. The van der Waals surface area contributed by atoms with Crippen LogP contribution >= 0.6 is 11.6 Å². The summed E-state index contributed by atoms with van der Waals surface area (Å²) in [5.74, 6) is -0.670. The van der Waals surface area contributed by atoms with Crippen molar-refractivity contribution in [1.29, 1.82) is 0 Å². The van der Waals surface area contributed by atoms with E-state index in [1.807, 2.05) is 0 Å². The lowest BCUT2D eigenvalue weighted by molar-refractivity contribution is 0.574. The molecule has 1 aromatic heterocycles. The van der Waals surface area contributed by atoms with Crippen molar-refractivity contribution < 1.29 is 8.78 Å². The molecule has 1 N–H and O–H groups in total. The Bertz CT molecular complexity index is 575. The third-order valence-electron chi connectivity index (χ3n) is 2.40. The van der Waals surface area contributed by atoms with E-state index in [0.717, 1.165) is 11.6 Å². The Kier molecular flexibility index (Phi) is 3.72. The lowest BCUT2D eigenvalue weighted by Gasteiger charge is -2.09. The van der Waals surface area contributed by atoms with Crippen molar-refractivity contribution in [2.75, 3.05) is 5.32 Å². The highest BCUT2D eigenvalue weighted by Gasteiger charge is 2.06. The van der Waals surface area contributed by atoms with Gasteiger partial charge in [-0.05, 0) is 24.6 Å². The number of aromatic nitrogens is 2. The number of anilines is 1. The fourth-order valence-corrected chi connectivity index (χ4v) is 1.58. The molecule has 2 aromatic rings. The molecule has 0 radical (unpaired) electrons. The summed E-state index contributed by atoms with van der Waals surface area (Å²) in [5, 5.41) is 3.05. The van der Waals surface area contributed by atoms with Crippen LogP contribution in [0.1, 0.15) is 11.1 Å². The molecule has 0 aliphatic heterocycles. The van der Waals surface area contributed by atoms with E-state index in [-0.39, 0.29) is 11.8 Å². The van der Waals surface area contributed by atoms with E-state index < -0.39 is 11.6 Å². The Morgan fingerprint density at radius 3 is 2.83 bits per heavy atom. The Morgan fingerprint density at radius 2 is 2.11 bits per heavy atom. The van der Waals surface area contributed by atoms with Crippen LogP contribution in [0.15, 0.2) is 24.4 Å². The summed E-state index contributed by atoms with van der Waals surface area (Å²) in [6, 6.07) is 3.44. The smallest absolute Gasteiger partial charge is 0.224 e. The Hall–Kier alpha value is -1.75. The molecule has 0 saturated heterocycles. The monoisotopic (exact) mass is 269 g/mol. The SMILES string of the molecule is Cc1cnc(Cl)nc1NCc1ccc(F)cc1F. The second-order valence-corrected chi connectivity index (χ2v) is 4.10. The van der Waals surface area contributed by atoms with Crippen LogP contribution in [-0.2, 0) is 6.54 Å². The third-order valence-corrected chi connectivity index (χ3v) is 2.59. The topological polar surface area (TPSA) is 37.8 Å². The van der Waals surface area contributed by atoms with Crippen LogP contribution in [-0.4, -0.2) is 9.97 Å². The van der Waals surface area contributed by atoms with Crippen molar-refractivity contribution in [2.24, 2.45) is 0 Å². The summed E-state index contributed by atoms with van der Waals surface area (Å²) in [7, 11) is 0. The fourth-order valence-electron chi connectivity index (χ4n) is 1.44. The zero-order valence-electron chi connectivity index (χ0n) is 9.54. The first kappa shape index (κ1) is 12.7. The lowest BCUT2D eigenvalue weighted by Crippen LogP contribution is -2.05. The summed E-state index contributed by atoms with van der Waals surface area (Å²) in [6.45, 7) is 2.00. The minimum absolute atomic E-state index is 0.114. The van der Waals surface area contributed by atoms with Crippen LogP contribution in [0.5, 0.6) is 0 Å². The molecule has 0 atom stereocenters. The summed E-state index contributed by atoms with van der Waals surface area (Å²) in [5.41, 5.74) is 1.15. The molecule has 0 unspecified atom stereocenters. The highest BCUT2D eigenvalue weighted by Crippen LogP contribution is 2.15. The van der Waals surface area contributed by atoms with Gasteiger partial charge in [-0.2, -0.15) is 0 Å². The molecule has 0 bridgehead atoms. The highest BCUT2D eigenvalue weighted by atomic mass is 35.5. The molecular weight excluding hydrogens is 260 g/mol. The molecule has 1 aromatic carbocycles. The van der Waals surface area contributed by atoms with E-state index in [1.165, 1.54) is 12.1 Å². The predicted molar refractivity (Wildman–Crippen MR) is 65.5 cm³/mol. The molecule has 0 spiro atoms. The lowest BCUT2D eigenvalue weighted by atomic mass is 10.2. The molecule has 0 aliphatic carbocycles. The number of hydrogen-bond acceptors (Lipinski definition) is 3. The first-order chi connectivity index (χ1) is 8.56. The van der Waals surface area contributed by atoms with E-state index >= 15 is 0 Å². The molecule has 6 heteroatoms. The van der Waals surface area contributed by atoms with Gasteiger partial charge in [0.1, 0.15) is 17.5 Å². The van der Waals surface area contributed by atoms with Gasteiger partial charge >= 0.3 is 0 Å². The van der Waals surface area contributed by atoms with Crippen molar-refractivity contribution in [3.8, 4) is 0 Å². The van der Waals surface area contributed by atoms with Gasteiger partial charge in [-0.25, -0.2) is 18.7 Å². The zero-order chi connectivity index (χ0) is 13.1. The molecule has 1 heterocycles. The molecule has 2 rings (SSSR count). The maximum absolute atomic E-state index is 13.4. The normalized spacial score (nSPS) is 10.4. The van der Waals surface area contributed by atoms with E-state index in [1.54, 1.807) is 13.1 Å². The van der Waals surface area contributed by atoms with Crippen molar-refractivity contribution in [3.63, 3.8) is 0 Å². The molecular formula is C12H10ClF2N3. The second kappa shape index (κ2) is 5.27. The van der Waals surface area contributed by atoms with Crippen molar-refractivity contribution in [1.82, 2.24) is 9.97 Å². The third kappa shape index (κ3) is 2.92. The van der Waals surface area contributed by atoms with E-state index in [9.17, 15) is 8.78 Å². The predicted octanol–water partition coefficient (Wildman–Crippen LogP) is 3.33. The molecule has 18 heavy (non-hydrogen) atoms.